The molecule has 0 spiro atoms. The number of carbonyl (C=O) groups is 2. The summed E-state index contributed by atoms with van der Waals surface area (Å²) < 4.78 is 0. The molecule has 1 saturated heterocycles. The molecule has 1 aromatic rings. The number of halogens is 2. The number of nitrogens with one attached hydrogen (secondary N) is 1. The summed E-state index contributed by atoms with van der Waals surface area (Å²) in [4.78, 5) is 25.9. The quantitative estimate of drug-likeness (QED) is 0.854. The molecule has 4 nitrogen and oxygen atoms in total. The highest BCUT2D eigenvalue weighted by Gasteiger charge is 2.49. The third kappa shape index (κ3) is 2.50. The molecule has 0 bridgehead atoms. The topological polar surface area (TPSA) is 49.4 Å². The first kappa shape index (κ1) is 15.1. The summed E-state index contributed by atoms with van der Waals surface area (Å²) in [6.45, 7) is 3.87. The van der Waals surface area contributed by atoms with Gasteiger partial charge in [-0.3, -0.25) is 4.79 Å². The third-order valence-corrected chi connectivity index (χ3v) is 3.98. The van der Waals surface area contributed by atoms with E-state index in [0.29, 0.717) is 28.6 Å². The van der Waals surface area contributed by atoms with Gasteiger partial charge in [-0.15, -0.1) is 0 Å². The second-order valence-corrected chi connectivity index (χ2v) is 5.76. The Morgan fingerprint density at radius 1 is 1.15 bits per heavy atom. The normalized spacial score (nSPS) is 22.3. The minimum Gasteiger partial charge on any atom is -0.323 e. The Labute approximate surface area is 128 Å². The van der Waals surface area contributed by atoms with Gasteiger partial charge in [0.2, 0.25) is 0 Å². The summed E-state index contributed by atoms with van der Waals surface area (Å²) in [7, 11) is 0. The number of imide groups is 1. The Morgan fingerprint density at radius 3 is 2.25 bits per heavy atom. The Balaban J connectivity index is 2.42. The third-order valence-electron chi connectivity index (χ3n) is 3.55. The van der Waals surface area contributed by atoms with Crippen molar-refractivity contribution in [2.45, 2.75) is 38.6 Å². The van der Waals surface area contributed by atoms with Crippen LogP contribution in [0.2, 0.25) is 10.0 Å². The highest BCUT2D eigenvalue weighted by molar-refractivity contribution is 6.35. The highest BCUT2D eigenvalue weighted by Crippen LogP contribution is 2.33. The number of amides is 3. The van der Waals surface area contributed by atoms with Crippen molar-refractivity contribution in [2.75, 3.05) is 4.90 Å². The van der Waals surface area contributed by atoms with Crippen LogP contribution in [-0.4, -0.2) is 17.5 Å². The zero-order chi connectivity index (χ0) is 14.9. The number of carbonyl (C=O) groups excluding carboxylic acids is 2. The van der Waals surface area contributed by atoms with Gasteiger partial charge in [0.1, 0.15) is 5.54 Å². The van der Waals surface area contributed by atoms with Gasteiger partial charge in [0.05, 0.1) is 5.69 Å². The van der Waals surface area contributed by atoms with Crippen molar-refractivity contribution in [3.05, 3.63) is 28.2 Å². The molecule has 1 aliphatic heterocycles. The molecule has 1 heterocycles. The molecule has 6 heteroatoms. The molecule has 1 unspecified atom stereocenters. The van der Waals surface area contributed by atoms with Crippen molar-refractivity contribution in [1.29, 1.82) is 0 Å². The van der Waals surface area contributed by atoms with E-state index in [-0.39, 0.29) is 5.91 Å². The zero-order valence-electron chi connectivity index (χ0n) is 11.4. The molecule has 0 saturated carbocycles. The second kappa shape index (κ2) is 5.62. The number of hydrogen-bond acceptors (Lipinski definition) is 2. The minimum atomic E-state index is -0.819. The van der Waals surface area contributed by atoms with Crippen molar-refractivity contribution in [2.24, 2.45) is 0 Å². The van der Waals surface area contributed by atoms with E-state index in [1.807, 2.05) is 13.8 Å². The van der Waals surface area contributed by atoms with Crippen molar-refractivity contribution in [1.82, 2.24) is 5.32 Å². The maximum Gasteiger partial charge on any atom is 0.329 e. The fraction of sp³-hybridized carbons (Fsp3) is 0.429. The maximum absolute atomic E-state index is 12.6. The van der Waals surface area contributed by atoms with Crippen LogP contribution in [0.5, 0.6) is 0 Å². The van der Waals surface area contributed by atoms with Crippen LogP contribution in [0.25, 0.3) is 0 Å². The summed E-state index contributed by atoms with van der Waals surface area (Å²) in [5.74, 6) is -0.245. The van der Waals surface area contributed by atoms with E-state index in [1.54, 1.807) is 18.2 Å². The van der Waals surface area contributed by atoms with E-state index in [2.05, 4.69) is 5.32 Å². The predicted octanol–water partition coefficient (Wildman–Crippen LogP) is 4.00. The van der Waals surface area contributed by atoms with E-state index in [4.69, 9.17) is 23.2 Å². The molecule has 108 valence electrons. The lowest BCUT2D eigenvalue weighted by molar-refractivity contribution is -0.122. The average molecular weight is 315 g/mol. The van der Waals surface area contributed by atoms with Gasteiger partial charge in [-0.2, -0.15) is 0 Å². The number of benzene rings is 1. The van der Waals surface area contributed by atoms with Crippen LogP contribution in [0, 0.1) is 0 Å². The standard InChI is InChI=1S/C14H16Cl2N2O2/c1-3-5-14(4-2)12(19)18(13(20)17-14)11-7-9(15)6-10(16)8-11/h6-8H,3-5H2,1-2H3,(H,17,20). The first-order valence-electron chi connectivity index (χ1n) is 6.56. The SMILES string of the molecule is CCCC1(CC)NC(=O)N(c2cc(Cl)cc(Cl)c2)C1=O. The van der Waals surface area contributed by atoms with Gasteiger partial charge in [-0.05, 0) is 31.0 Å². The molecular weight excluding hydrogens is 299 g/mol. The lowest BCUT2D eigenvalue weighted by atomic mass is 9.90. The lowest BCUT2D eigenvalue weighted by Crippen LogP contribution is -2.46. The molecule has 1 aliphatic rings. The lowest BCUT2D eigenvalue weighted by Gasteiger charge is -2.24. The van der Waals surface area contributed by atoms with Crippen LogP contribution in [-0.2, 0) is 4.79 Å². The van der Waals surface area contributed by atoms with Crippen LogP contribution in [0.1, 0.15) is 33.1 Å². The van der Waals surface area contributed by atoms with Crippen LogP contribution in [0.4, 0.5) is 10.5 Å². The van der Waals surface area contributed by atoms with Crippen LogP contribution in [0.3, 0.4) is 0 Å². The van der Waals surface area contributed by atoms with Gasteiger partial charge in [-0.1, -0.05) is 43.5 Å². The van der Waals surface area contributed by atoms with E-state index in [0.717, 1.165) is 11.3 Å². The highest BCUT2D eigenvalue weighted by atomic mass is 35.5. The van der Waals surface area contributed by atoms with Gasteiger partial charge in [0.15, 0.2) is 0 Å². The summed E-state index contributed by atoms with van der Waals surface area (Å²) in [5.41, 5.74) is -0.419. The monoisotopic (exact) mass is 314 g/mol. The van der Waals surface area contributed by atoms with Crippen molar-refractivity contribution in [3.8, 4) is 0 Å². The Morgan fingerprint density at radius 2 is 1.75 bits per heavy atom. The van der Waals surface area contributed by atoms with Crippen molar-refractivity contribution < 1.29 is 9.59 Å². The molecule has 1 aromatic carbocycles. The molecular formula is C14H16Cl2N2O2. The number of nitrogens with zero attached hydrogens (tertiary/aromatic N) is 1. The maximum atomic E-state index is 12.6. The molecule has 0 radical (unpaired) electrons. The molecule has 2 rings (SSSR count). The number of rotatable bonds is 4. The molecule has 3 amide bonds. The Kier molecular flexibility index (Phi) is 4.25. The summed E-state index contributed by atoms with van der Waals surface area (Å²) >= 11 is 11.9. The zero-order valence-corrected chi connectivity index (χ0v) is 12.9. The van der Waals surface area contributed by atoms with Gasteiger partial charge in [-0.25, -0.2) is 9.69 Å². The summed E-state index contributed by atoms with van der Waals surface area (Å²) in [5, 5.41) is 3.58. The minimum absolute atomic E-state index is 0.245. The second-order valence-electron chi connectivity index (χ2n) is 4.88. The van der Waals surface area contributed by atoms with Crippen LogP contribution < -0.4 is 10.2 Å². The molecule has 1 N–H and O–H groups in total. The number of anilines is 1. The number of urea groups is 1. The predicted molar refractivity (Wildman–Crippen MR) is 80.4 cm³/mol. The Hall–Kier alpha value is -1.26. The Bertz CT molecular complexity index is 542. The van der Waals surface area contributed by atoms with E-state index < -0.39 is 11.6 Å². The van der Waals surface area contributed by atoms with Gasteiger partial charge >= 0.3 is 6.03 Å². The smallest absolute Gasteiger partial charge is 0.323 e. The summed E-state index contributed by atoms with van der Waals surface area (Å²) in [6, 6.07) is 4.25. The fourth-order valence-corrected chi connectivity index (χ4v) is 3.05. The average Bonchev–Trinajstić information content (AvgIpc) is 2.60. The first-order valence-corrected chi connectivity index (χ1v) is 7.32. The molecule has 20 heavy (non-hydrogen) atoms. The van der Waals surface area contributed by atoms with Gasteiger partial charge < -0.3 is 5.32 Å². The molecule has 1 fully saturated rings. The summed E-state index contributed by atoms with van der Waals surface area (Å²) in [6.07, 6.45) is 1.97. The van der Waals surface area contributed by atoms with E-state index in [1.165, 1.54) is 0 Å². The molecule has 0 aliphatic carbocycles. The van der Waals surface area contributed by atoms with Gasteiger partial charge in [0.25, 0.3) is 5.91 Å². The van der Waals surface area contributed by atoms with Crippen LogP contribution in [0.15, 0.2) is 18.2 Å². The number of hydrogen-bond donors (Lipinski definition) is 1. The van der Waals surface area contributed by atoms with E-state index in [9.17, 15) is 9.59 Å². The van der Waals surface area contributed by atoms with Gasteiger partial charge in [0, 0.05) is 10.0 Å². The largest absolute Gasteiger partial charge is 0.329 e. The molecule has 1 atom stereocenters. The van der Waals surface area contributed by atoms with Crippen LogP contribution >= 0.6 is 23.2 Å². The van der Waals surface area contributed by atoms with Crippen molar-refractivity contribution >= 4 is 40.8 Å². The first-order chi connectivity index (χ1) is 9.43. The molecule has 0 aromatic heterocycles. The van der Waals surface area contributed by atoms with Crippen molar-refractivity contribution in [3.63, 3.8) is 0 Å². The fourth-order valence-electron chi connectivity index (χ4n) is 2.54. The van der Waals surface area contributed by atoms with E-state index >= 15 is 0 Å².